The smallest absolute Gasteiger partial charge is 0.345 e. The first-order chi connectivity index (χ1) is 7.19. The van der Waals surface area contributed by atoms with Crippen LogP contribution >= 0.6 is 11.8 Å². The maximum absolute atomic E-state index is 11.4. The van der Waals surface area contributed by atoms with E-state index < -0.39 is 11.5 Å². The van der Waals surface area contributed by atoms with Gasteiger partial charge < -0.3 is 9.72 Å². The highest BCUT2D eigenvalue weighted by Gasteiger charge is 2.11. The lowest BCUT2D eigenvalue weighted by Gasteiger charge is -2.00. The van der Waals surface area contributed by atoms with Gasteiger partial charge in [0.25, 0.3) is 5.56 Å². The lowest BCUT2D eigenvalue weighted by atomic mass is 10.3. The van der Waals surface area contributed by atoms with E-state index in [-0.39, 0.29) is 5.56 Å². The zero-order valence-electron chi connectivity index (χ0n) is 8.57. The predicted octanol–water partition coefficient (Wildman–Crippen LogP) is 0.462. The molecule has 1 aromatic rings. The summed E-state index contributed by atoms with van der Waals surface area (Å²) in [5.41, 5.74) is -0.515. The molecule has 0 atom stereocenters. The van der Waals surface area contributed by atoms with Crippen molar-refractivity contribution < 1.29 is 9.53 Å². The molecule has 1 rings (SSSR count). The summed E-state index contributed by atoms with van der Waals surface area (Å²) in [6.45, 7) is 0. The molecule has 0 aromatic carbocycles. The topological polar surface area (TPSA) is 72.0 Å². The van der Waals surface area contributed by atoms with Gasteiger partial charge in [0, 0.05) is 18.4 Å². The highest BCUT2D eigenvalue weighted by molar-refractivity contribution is 7.98. The Bertz CT molecular complexity index is 403. The minimum absolute atomic E-state index is 0.0644. The first kappa shape index (κ1) is 11.8. The van der Waals surface area contributed by atoms with Crippen LogP contribution in [0.15, 0.2) is 11.0 Å². The van der Waals surface area contributed by atoms with Crippen LogP contribution in [0, 0.1) is 0 Å². The Kier molecular flexibility index (Phi) is 4.36. The Hall–Kier alpha value is -1.30. The van der Waals surface area contributed by atoms with Gasteiger partial charge in [-0.1, -0.05) is 0 Å². The summed E-state index contributed by atoms with van der Waals surface area (Å²) in [6.07, 6.45) is 3.90. The van der Waals surface area contributed by atoms with Crippen molar-refractivity contribution in [1.82, 2.24) is 9.97 Å². The van der Waals surface area contributed by atoms with E-state index in [1.165, 1.54) is 13.3 Å². The van der Waals surface area contributed by atoms with Gasteiger partial charge in [0.2, 0.25) is 0 Å². The van der Waals surface area contributed by atoms with Gasteiger partial charge in [-0.15, -0.1) is 0 Å². The first-order valence-corrected chi connectivity index (χ1v) is 5.74. The van der Waals surface area contributed by atoms with Gasteiger partial charge in [-0.05, 0) is 6.26 Å². The molecule has 0 bridgehead atoms. The summed E-state index contributed by atoms with van der Waals surface area (Å²) in [6, 6.07) is 0. The zero-order valence-corrected chi connectivity index (χ0v) is 9.39. The van der Waals surface area contributed by atoms with Gasteiger partial charge in [-0.25, -0.2) is 9.78 Å². The highest BCUT2D eigenvalue weighted by atomic mass is 32.2. The quantitative estimate of drug-likeness (QED) is 0.758. The predicted molar refractivity (Wildman–Crippen MR) is 58.3 cm³/mol. The Morgan fingerprint density at radius 2 is 2.40 bits per heavy atom. The number of aryl methyl sites for hydroxylation is 1. The largest absolute Gasteiger partial charge is 0.465 e. The highest BCUT2D eigenvalue weighted by Crippen LogP contribution is 1.98. The molecule has 6 heteroatoms. The van der Waals surface area contributed by atoms with Crippen LogP contribution in [0.25, 0.3) is 0 Å². The van der Waals surface area contributed by atoms with Crippen molar-refractivity contribution >= 4 is 17.7 Å². The number of hydrogen-bond donors (Lipinski definition) is 1. The van der Waals surface area contributed by atoms with Crippen LogP contribution in [0.4, 0.5) is 0 Å². The van der Waals surface area contributed by atoms with Crippen molar-refractivity contribution in [2.24, 2.45) is 0 Å². The van der Waals surface area contributed by atoms with Crippen LogP contribution in [0.3, 0.4) is 0 Å². The van der Waals surface area contributed by atoms with Crippen LogP contribution in [0.1, 0.15) is 16.2 Å². The van der Waals surface area contributed by atoms with E-state index in [4.69, 9.17) is 0 Å². The van der Waals surface area contributed by atoms with Crippen LogP contribution < -0.4 is 5.56 Å². The fourth-order valence-electron chi connectivity index (χ4n) is 1.01. The summed E-state index contributed by atoms with van der Waals surface area (Å²) >= 11 is 1.66. The number of carbonyl (C=O) groups excluding carboxylic acids is 1. The zero-order chi connectivity index (χ0) is 11.3. The molecule has 1 N–H and O–H groups in total. The number of aromatic amines is 1. The number of H-pyrrole nitrogens is 1. The van der Waals surface area contributed by atoms with E-state index in [1.54, 1.807) is 11.8 Å². The summed E-state index contributed by atoms with van der Waals surface area (Å²) in [4.78, 5) is 29.0. The van der Waals surface area contributed by atoms with E-state index in [0.29, 0.717) is 12.2 Å². The van der Waals surface area contributed by atoms with E-state index in [9.17, 15) is 9.59 Å². The standard InChI is InChI=1S/C9H12N2O3S/c1-14-9(13)6-5-10-7(3-4-15-2)11-8(6)12/h5H,3-4H2,1-2H3,(H,10,11,12). The van der Waals surface area contributed by atoms with Gasteiger partial charge in [-0.2, -0.15) is 11.8 Å². The Balaban J connectivity index is 2.88. The first-order valence-electron chi connectivity index (χ1n) is 4.34. The monoisotopic (exact) mass is 228 g/mol. The number of thioether (sulfide) groups is 1. The second-order valence-corrected chi connectivity index (χ2v) is 3.79. The molecule has 0 spiro atoms. The third kappa shape index (κ3) is 3.09. The molecule has 1 aromatic heterocycles. The molecule has 15 heavy (non-hydrogen) atoms. The summed E-state index contributed by atoms with van der Waals surface area (Å²) in [5.74, 6) is 0.794. The number of esters is 1. The average molecular weight is 228 g/mol. The fourth-order valence-corrected chi connectivity index (χ4v) is 1.41. The molecule has 0 aliphatic heterocycles. The molecule has 0 radical (unpaired) electrons. The minimum atomic E-state index is -0.667. The number of nitrogens with zero attached hydrogens (tertiary/aromatic N) is 1. The molecule has 0 unspecified atom stereocenters. The molecule has 0 saturated heterocycles. The van der Waals surface area contributed by atoms with Crippen molar-refractivity contribution in [1.29, 1.82) is 0 Å². The lowest BCUT2D eigenvalue weighted by Crippen LogP contribution is -2.21. The number of methoxy groups -OCH3 is 1. The SMILES string of the molecule is COC(=O)c1cnc(CCSC)[nH]c1=O. The molecule has 0 saturated carbocycles. The van der Waals surface area contributed by atoms with E-state index in [0.717, 1.165) is 5.75 Å². The Morgan fingerprint density at radius 1 is 1.67 bits per heavy atom. The number of aromatic nitrogens is 2. The van der Waals surface area contributed by atoms with Crippen molar-refractivity contribution in [3.63, 3.8) is 0 Å². The average Bonchev–Trinajstić information content (AvgIpc) is 2.25. The maximum atomic E-state index is 11.4. The normalized spacial score (nSPS) is 10.0. The number of rotatable bonds is 4. The van der Waals surface area contributed by atoms with Gasteiger partial charge >= 0.3 is 5.97 Å². The molecule has 0 amide bonds. The molecular formula is C9H12N2O3S. The van der Waals surface area contributed by atoms with Gasteiger partial charge in [-0.3, -0.25) is 4.79 Å². The van der Waals surface area contributed by atoms with Gasteiger partial charge in [0.15, 0.2) is 0 Å². The number of carbonyl (C=O) groups is 1. The Morgan fingerprint density at radius 3 is 2.93 bits per heavy atom. The molecule has 0 fully saturated rings. The molecule has 0 aliphatic carbocycles. The number of ether oxygens (including phenoxy) is 1. The summed E-state index contributed by atoms with van der Waals surface area (Å²) in [5, 5.41) is 0. The molecule has 5 nitrogen and oxygen atoms in total. The van der Waals surface area contributed by atoms with E-state index in [2.05, 4.69) is 14.7 Å². The van der Waals surface area contributed by atoms with Crippen molar-refractivity contribution in [2.75, 3.05) is 19.1 Å². The van der Waals surface area contributed by atoms with Gasteiger partial charge in [0.1, 0.15) is 11.4 Å². The number of nitrogens with one attached hydrogen (secondary N) is 1. The van der Waals surface area contributed by atoms with Crippen molar-refractivity contribution in [3.05, 3.63) is 27.9 Å². The molecule has 82 valence electrons. The molecular weight excluding hydrogens is 216 g/mol. The van der Waals surface area contributed by atoms with Crippen molar-refractivity contribution in [2.45, 2.75) is 6.42 Å². The molecule has 1 heterocycles. The van der Waals surface area contributed by atoms with Crippen molar-refractivity contribution in [3.8, 4) is 0 Å². The second-order valence-electron chi connectivity index (χ2n) is 2.81. The minimum Gasteiger partial charge on any atom is -0.465 e. The summed E-state index contributed by atoms with van der Waals surface area (Å²) in [7, 11) is 1.23. The second kappa shape index (κ2) is 5.55. The third-order valence-corrected chi connectivity index (χ3v) is 2.41. The van der Waals surface area contributed by atoms with Crippen LogP contribution in [0.5, 0.6) is 0 Å². The fraction of sp³-hybridized carbons (Fsp3) is 0.444. The molecule has 0 aliphatic rings. The van der Waals surface area contributed by atoms with Crippen LogP contribution in [0.2, 0.25) is 0 Å². The summed E-state index contributed by atoms with van der Waals surface area (Å²) < 4.78 is 4.44. The van der Waals surface area contributed by atoms with Crippen LogP contribution in [-0.2, 0) is 11.2 Å². The lowest BCUT2D eigenvalue weighted by molar-refractivity contribution is 0.0598. The maximum Gasteiger partial charge on any atom is 0.345 e. The van der Waals surface area contributed by atoms with E-state index in [1.807, 2.05) is 6.26 Å². The van der Waals surface area contributed by atoms with Gasteiger partial charge in [0.05, 0.1) is 7.11 Å². The van der Waals surface area contributed by atoms with Crippen LogP contribution in [-0.4, -0.2) is 35.1 Å². The number of hydrogen-bond acceptors (Lipinski definition) is 5. The third-order valence-electron chi connectivity index (χ3n) is 1.80. The Labute approximate surface area is 91.3 Å². The van der Waals surface area contributed by atoms with E-state index >= 15 is 0 Å².